The predicted molar refractivity (Wildman–Crippen MR) is 63.3 cm³/mol. The quantitative estimate of drug-likeness (QED) is 0.761. The van der Waals surface area contributed by atoms with Crippen LogP contribution in [-0.2, 0) is 4.74 Å². The van der Waals surface area contributed by atoms with Crippen molar-refractivity contribution in [1.29, 1.82) is 0 Å². The Balaban J connectivity index is 1.76. The Kier molecular flexibility index (Phi) is 3.93. The minimum absolute atomic E-state index is 0.298. The summed E-state index contributed by atoms with van der Waals surface area (Å²) in [5.74, 6) is 2.18. The van der Waals surface area contributed by atoms with Crippen molar-refractivity contribution in [3.8, 4) is 0 Å². The first-order valence-corrected chi connectivity index (χ1v) is 7.00. The fraction of sp³-hybridized carbons (Fsp3) is 1.00. The molecule has 0 aliphatic carbocycles. The lowest BCUT2D eigenvalue weighted by atomic mass is 9.96. The maximum atomic E-state index is 10.3. The lowest BCUT2D eigenvalue weighted by Crippen LogP contribution is -2.48. The average Bonchev–Trinajstić information content (AvgIpc) is 2.62. The molecule has 2 atom stereocenters. The van der Waals surface area contributed by atoms with Gasteiger partial charge in [0.1, 0.15) is 0 Å². The monoisotopic (exact) mass is 231 g/mol. The first-order valence-electron chi connectivity index (χ1n) is 5.85. The van der Waals surface area contributed by atoms with Crippen LogP contribution in [0.2, 0.25) is 0 Å². The van der Waals surface area contributed by atoms with Gasteiger partial charge in [0.2, 0.25) is 0 Å². The molecule has 2 rings (SSSR count). The Hall–Kier alpha value is 0.230. The first-order chi connectivity index (χ1) is 7.20. The van der Waals surface area contributed by atoms with E-state index in [0.717, 1.165) is 43.9 Å². The molecule has 15 heavy (non-hydrogen) atoms. The summed E-state index contributed by atoms with van der Waals surface area (Å²) in [5, 5.41) is 13.8. The second-order valence-electron chi connectivity index (χ2n) is 4.69. The van der Waals surface area contributed by atoms with Crippen molar-refractivity contribution < 1.29 is 9.84 Å². The fourth-order valence-electron chi connectivity index (χ4n) is 2.25. The third-order valence-corrected chi connectivity index (χ3v) is 4.48. The average molecular weight is 231 g/mol. The smallest absolute Gasteiger partial charge is 0.0787 e. The van der Waals surface area contributed by atoms with Crippen LogP contribution in [-0.4, -0.2) is 47.5 Å². The lowest BCUT2D eigenvalue weighted by molar-refractivity contribution is 0.0261. The normalized spacial score (nSPS) is 35.6. The third kappa shape index (κ3) is 3.09. The molecule has 4 heteroatoms. The molecule has 2 saturated heterocycles. The Morgan fingerprint density at radius 1 is 1.47 bits per heavy atom. The summed E-state index contributed by atoms with van der Waals surface area (Å²) in [6.07, 6.45) is 3.22. The minimum Gasteiger partial charge on any atom is -0.389 e. The van der Waals surface area contributed by atoms with E-state index in [1.807, 2.05) is 11.8 Å². The summed E-state index contributed by atoms with van der Waals surface area (Å²) < 4.78 is 5.49. The summed E-state index contributed by atoms with van der Waals surface area (Å²) in [4.78, 5) is 0. The highest BCUT2D eigenvalue weighted by Gasteiger charge is 2.32. The summed E-state index contributed by atoms with van der Waals surface area (Å²) in [5.41, 5.74) is -0.465. The Bertz CT molecular complexity index is 207. The summed E-state index contributed by atoms with van der Waals surface area (Å²) >= 11 is 1.94. The molecule has 2 unspecified atom stereocenters. The fourth-order valence-corrected chi connectivity index (χ4v) is 3.50. The second-order valence-corrected chi connectivity index (χ2v) is 5.91. The van der Waals surface area contributed by atoms with Gasteiger partial charge in [-0.3, -0.25) is 0 Å². The number of ether oxygens (including phenoxy) is 1. The van der Waals surface area contributed by atoms with Crippen molar-refractivity contribution in [2.24, 2.45) is 0 Å². The van der Waals surface area contributed by atoms with Gasteiger partial charge in [-0.2, -0.15) is 11.8 Å². The zero-order chi connectivity index (χ0) is 10.7. The molecule has 0 amide bonds. The molecule has 0 saturated carbocycles. The summed E-state index contributed by atoms with van der Waals surface area (Å²) in [7, 11) is 0. The summed E-state index contributed by atoms with van der Waals surface area (Å²) in [6.45, 7) is 3.68. The predicted octanol–water partition coefficient (Wildman–Crippen LogP) is 1.01. The van der Waals surface area contributed by atoms with Crippen LogP contribution in [0.3, 0.4) is 0 Å². The molecule has 2 aliphatic heterocycles. The van der Waals surface area contributed by atoms with Crippen LogP contribution in [0, 0.1) is 0 Å². The van der Waals surface area contributed by atoms with Crippen LogP contribution in [0.4, 0.5) is 0 Å². The molecule has 0 spiro atoms. The number of thioether (sulfide) groups is 1. The van der Waals surface area contributed by atoms with Gasteiger partial charge in [0.05, 0.1) is 11.7 Å². The van der Waals surface area contributed by atoms with Gasteiger partial charge in [-0.1, -0.05) is 0 Å². The number of hydrogen-bond donors (Lipinski definition) is 2. The van der Waals surface area contributed by atoms with E-state index in [0.29, 0.717) is 12.1 Å². The summed E-state index contributed by atoms with van der Waals surface area (Å²) in [6, 6.07) is 0.434. The van der Waals surface area contributed by atoms with Gasteiger partial charge < -0.3 is 15.2 Å². The van der Waals surface area contributed by atoms with E-state index in [-0.39, 0.29) is 0 Å². The SMILES string of the molecule is CC1OCCC1NCC1(O)CCSCC1. The topological polar surface area (TPSA) is 41.5 Å². The van der Waals surface area contributed by atoms with E-state index in [4.69, 9.17) is 4.74 Å². The van der Waals surface area contributed by atoms with Gasteiger partial charge in [0.25, 0.3) is 0 Å². The van der Waals surface area contributed by atoms with E-state index >= 15 is 0 Å². The van der Waals surface area contributed by atoms with Crippen molar-refractivity contribution in [2.75, 3.05) is 24.7 Å². The molecule has 2 aliphatic rings. The van der Waals surface area contributed by atoms with Gasteiger partial charge >= 0.3 is 0 Å². The highest BCUT2D eigenvalue weighted by Crippen LogP contribution is 2.26. The molecule has 0 aromatic heterocycles. The molecular formula is C11H21NO2S. The van der Waals surface area contributed by atoms with Crippen LogP contribution >= 0.6 is 11.8 Å². The highest BCUT2D eigenvalue weighted by molar-refractivity contribution is 7.99. The van der Waals surface area contributed by atoms with Gasteiger partial charge in [-0.25, -0.2) is 0 Å². The van der Waals surface area contributed by atoms with Gasteiger partial charge in [0.15, 0.2) is 0 Å². The highest BCUT2D eigenvalue weighted by atomic mass is 32.2. The molecule has 88 valence electrons. The molecule has 0 radical (unpaired) electrons. The first kappa shape index (κ1) is 11.7. The zero-order valence-corrected chi connectivity index (χ0v) is 10.2. The molecule has 0 aromatic carbocycles. The number of nitrogens with one attached hydrogen (secondary N) is 1. The molecule has 2 heterocycles. The van der Waals surface area contributed by atoms with E-state index in [1.54, 1.807) is 0 Å². The molecular weight excluding hydrogens is 210 g/mol. The Morgan fingerprint density at radius 2 is 2.20 bits per heavy atom. The largest absolute Gasteiger partial charge is 0.389 e. The Morgan fingerprint density at radius 3 is 2.80 bits per heavy atom. The molecule has 3 nitrogen and oxygen atoms in total. The number of aliphatic hydroxyl groups is 1. The van der Waals surface area contributed by atoms with Gasteiger partial charge in [-0.15, -0.1) is 0 Å². The molecule has 0 bridgehead atoms. The third-order valence-electron chi connectivity index (χ3n) is 3.49. The van der Waals surface area contributed by atoms with Crippen molar-refractivity contribution in [3.05, 3.63) is 0 Å². The van der Waals surface area contributed by atoms with E-state index in [9.17, 15) is 5.11 Å². The number of hydrogen-bond acceptors (Lipinski definition) is 4. The van der Waals surface area contributed by atoms with Gasteiger partial charge in [0, 0.05) is 19.2 Å². The van der Waals surface area contributed by atoms with E-state index in [1.165, 1.54) is 0 Å². The van der Waals surface area contributed by atoms with Crippen LogP contribution in [0.5, 0.6) is 0 Å². The van der Waals surface area contributed by atoms with E-state index in [2.05, 4.69) is 12.2 Å². The van der Waals surface area contributed by atoms with Crippen molar-refractivity contribution in [3.63, 3.8) is 0 Å². The van der Waals surface area contributed by atoms with Crippen LogP contribution in [0.25, 0.3) is 0 Å². The number of rotatable bonds is 3. The van der Waals surface area contributed by atoms with E-state index < -0.39 is 5.60 Å². The zero-order valence-electron chi connectivity index (χ0n) is 9.37. The minimum atomic E-state index is -0.465. The molecule has 0 aromatic rings. The van der Waals surface area contributed by atoms with Crippen LogP contribution in [0.1, 0.15) is 26.2 Å². The second kappa shape index (κ2) is 5.04. The van der Waals surface area contributed by atoms with Crippen LogP contribution in [0.15, 0.2) is 0 Å². The maximum absolute atomic E-state index is 10.3. The molecule has 2 fully saturated rings. The maximum Gasteiger partial charge on any atom is 0.0787 e. The van der Waals surface area contributed by atoms with Crippen molar-refractivity contribution >= 4 is 11.8 Å². The van der Waals surface area contributed by atoms with Gasteiger partial charge in [-0.05, 0) is 37.7 Å². The van der Waals surface area contributed by atoms with Crippen molar-refractivity contribution in [1.82, 2.24) is 5.32 Å². The lowest BCUT2D eigenvalue weighted by Gasteiger charge is -2.33. The standard InChI is InChI=1S/C11H21NO2S/c1-9-10(2-5-14-9)12-8-11(13)3-6-15-7-4-11/h9-10,12-13H,2-8H2,1H3. The van der Waals surface area contributed by atoms with Crippen LogP contribution < -0.4 is 5.32 Å². The Labute approximate surface area is 96.0 Å². The van der Waals surface area contributed by atoms with Crippen molar-refractivity contribution in [2.45, 2.75) is 43.9 Å². The molecule has 2 N–H and O–H groups in total.